The number of hydrogen-bond acceptors (Lipinski definition) is 3. The summed E-state index contributed by atoms with van der Waals surface area (Å²) in [5, 5.41) is 21.2. The molecule has 0 aliphatic rings. The Morgan fingerprint density at radius 1 is 1.04 bits per heavy atom. The number of benzene rings is 2. The Morgan fingerprint density at radius 3 is 2.36 bits per heavy atom. The lowest BCUT2D eigenvalue weighted by Gasteiger charge is -2.15. The fourth-order valence-corrected chi connectivity index (χ4v) is 3.07. The number of pyridine rings is 1. The molecule has 0 aliphatic heterocycles. The molecule has 0 atom stereocenters. The van der Waals surface area contributed by atoms with E-state index in [1.165, 1.54) is 0 Å². The van der Waals surface area contributed by atoms with Gasteiger partial charge in [0.05, 0.1) is 23.0 Å². The highest BCUT2D eigenvalue weighted by Crippen LogP contribution is 2.27. The molecule has 0 saturated carbocycles. The lowest BCUT2D eigenvalue weighted by atomic mass is 10.0. The predicted octanol–water partition coefficient (Wildman–Crippen LogP) is 3.69. The molecule has 2 N–H and O–H groups in total. The minimum absolute atomic E-state index is 0.0407. The Hall–Kier alpha value is -2.50. The second-order valence-corrected chi connectivity index (χ2v) is 6.37. The van der Waals surface area contributed by atoms with Crippen LogP contribution in [0, 0.1) is 0 Å². The van der Waals surface area contributed by atoms with Gasteiger partial charge in [-0.15, -0.1) is 0 Å². The number of rotatable bonds is 4. The highest BCUT2D eigenvalue weighted by molar-refractivity contribution is 6.42. The van der Waals surface area contributed by atoms with Gasteiger partial charge in [-0.3, -0.25) is 14.2 Å². The van der Waals surface area contributed by atoms with E-state index in [2.05, 4.69) is 0 Å². The second-order valence-electron chi connectivity index (χ2n) is 5.56. The summed E-state index contributed by atoms with van der Waals surface area (Å²) in [6.45, 7) is 0.0407. The molecule has 1 heterocycles. The summed E-state index contributed by atoms with van der Waals surface area (Å²) in [5.74, 6) is -1.46. The van der Waals surface area contributed by atoms with E-state index in [4.69, 9.17) is 28.3 Å². The zero-order valence-electron chi connectivity index (χ0n) is 12.9. The quantitative estimate of drug-likeness (QED) is 0.726. The predicted molar refractivity (Wildman–Crippen MR) is 96.8 cm³/mol. The molecule has 0 amide bonds. The minimum Gasteiger partial charge on any atom is -0.494 e. The van der Waals surface area contributed by atoms with Gasteiger partial charge in [-0.2, -0.15) is 0 Å². The largest absolute Gasteiger partial charge is 0.494 e. The number of halogens is 2. The summed E-state index contributed by atoms with van der Waals surface area (Å²) in [7, 11) is 0. The van der Waals surface area contributed by atoms with Crippen molar-refractivity contribution in [2.45, 2.75) is 13.0 Å². The zero-order valence-corrected chi connectivity index (χ0v) is 14.4. The Bertz CT molecular complexity index is 1040. The third kappa shape index (κ3) is 3.34. The molecule has 0 radical (unpaired) electrons. The molecule has 25 heavy (non-hydrogen) atoms. The van der Waals surface area contributed by atoms with Gasteiger partial charge in [0.15, 0.2) is 5.88 Å². The van der Waals surface area contributed by atoms with Crippen LogP contribution in [0.1, 0.15) is 11.1 Å². The van der Waals surface area contributed by atoms with Crippen molar-refractivity contribution < 1.29 is 15.0 Å². The number of carboxylic acids is 1. The average molecular weight is 378 g/mol. The Kier molecular flexibility index (Phi) is 4.70. The van der Waals surface area contributed by atoms with Crippen LogP contribution >= 0.6 is 23.2 Å². The molecule has 2 aromatic carbocycles. The van der Waals surface area contributed by atoms with Crippen LogP contribution in [-0.2, 0) is 17.8 Å². The normalized spacial score (nSPS) is 11.0. The van der Waals surface area contributed by atoms with Crippen molar-refractivity contribution in [3.8, 4) is 5.88 Å². The number of nitrogens with zero attached hydrogens (tertiary/aromatic N) is 1. The maximum atomic E-state index is 12.7. The smallest absolute Gasteiger partial charge is 0.308 e. The molecule has 3 rings (SSSR count). The van der Waals surface area contributed by atoms with Gasteiger partial charge in [-0.05, 0) is 29.1 Å². The van der Waals surface area contributed by atoms with Crippen molar-refractivity contribution in [1.29, 1.82) is 0 Å². The van der Waals surface area contributed by atoms with Gasteiger partial charge in [0, 0.05) is 10.9 Å². The summed E-state index contributed by atoms with van der Waals surface area (Å²) < 4.78 is 1.14. The fourth-order valence-electron chi connectivity index (χ4n) is 2.75. The maximum Gasteiger partial charge on any atom is 0.308 e. The molecule has 0 bridgehead atoms. The molecule has 128 valence electrons. The van der Waals surface area contributed by atoms with Crippen LogP contribution in [0.3, 0.4) is 0 Å². The van der Waals surface area contributed by atoms with E-state index in [1.807, 2.05) is 0 Å². The number of carbonyl (C=O) groups is 1. The van der Waals surface area contributed by atoms with E-state index < -0.39 is 17.9 Å². The molecule has 0 fully saturated rings. The van der Waals surface area contributed by atoms with Crippen molar-refractivity contribution in [2.75, 3.05) is 0 Å². The zero-order chi connectivity index (χ0) is 18.1. The van der Waals surface area contributed by atoms with E-state index >= 15 is 0 Å². The molecule has 0 unspecified atom stereocenters. The van der Waals surface area contributed by atoms with Crippen LogP contribution in [0.2, 0.25) is 10.0 Å². The molecular formula is C18H13Cl2NO4. The van der Waals surface area contributed by atoms with Gasteiger partial charge in [-0.25, -0.2) is 0 Å². The number of fused-ring (bicyclic) bond motifs is 1. The van der Waals surface area contributed by atoms with Crippen molar-refractivity contribution in [2.24, 2.45) is 0 Å². The van der Waals surface area contributed by atoms with E-state index in [-0.39, 0.29) is 18.0 Å². The topological polar surface area (TPSA) is 79.5 Å². The van der Waals surface area contributed by atoms with Gasteiger partial charge in [0.1, 0.15) is 0 Å². The second kappa shape index (κ2) is 6.78. The van der Waals surface area contributed by atoms with Crippen molar-refractivity contribution >= 4 is 39.9 Å². The van der Waals surface area contributed by atoms with Crippen LogP contribution in [0.5, 0.6) is 5.88 Å². The highest BCUT2D eigenvalue weighted by atomic mass is 35.5. The van der Waals surface area contributed by atoms with E-state index in [9.17, 15) is 14.7 Å². The highest BCUT2D eigenvalue weighted by Gasteiger charge is 2.18. The number of aromatic nitrogens is 1. The summed E-state index contributed by atoms with van der Waals surface area (Å²) >= 11 is 11.9. The Balaban J connectivity index is 2.22. The van der Waals surface area contributed by atoms with Gasteiger partial charge in [0.2, 0.25) is 0 Å². The molecular weight excluding hydrogens is 365 g/mol. The first-order valence-electron chi connectivity index (χ1n) is 7.37. The SMILES string of the molecule is O=C(O)Cc1c(O)n(Cc2ccc(Cl)c(Cl)c2)c(=O)c2ccccc12. The third-order valence-electron chi connectivity index (χ3n) is 3.91. The first-order valence-corrected chi connectivity index (χ1v) is 8.13. The van der Waals surface area contributed by atoms with Gasteiger partial charge >= 0.3 is 5.97 Å². The van der Waals surface area contributed by atoms with Gasteiger partial charge < -0.3 is 10.2 Å². The summed E-state index contributed by atoms with van der Waals surface area (Å²) in [4.78, 5) is 23.9. The Morgan fingerprint density at radius 2 is 1.72 bits per heavy atom. The first-order chi connectivity index (χ1) is 11.9. The lowest BCUT2D eigenvalue weighted by molar-refractivity contribution is -0.136. The first kappa shape index (κ1) is 17.3. The molecule has 7 heteroatoms. The van der Waals surface area contributed by atoms with Crippen molar-refractivity contribution in [3.05, 3.63) is 74.0 Å². The number of carboxylic acid groups (broad SMARTS) is 1. The molecule has 0 saturated heterocycles. The molecule has 0 spiro atoms. The lowest BCUT2D eigenvalue weighted by Crippen LogP contribution is -2.23. The molecule has 0 aliphatic carbocycles. The van der Waals surface area contributed by atoms with Gasteiger partial charge in [-0.1, -0.05) is 47.5 Å². The van der Waals surface area contributed by atoms with E-state index in [0.29, 0.717) is 26.4 Å². The standard InChI is InChI=1S/C18H13Cl2NO4/c19-14-6-5-10(7-15(14)20)9-21-17(24)12-4-2-1-3-11(12)13(18(21)25)8-16(22)23/h1-7,25H,8-9H2,(H,22,23). The van der Waals surface area contributed by atoms with Crippen molar-refractivity contribution in [3.63, 3.8) is 0 Å². The van der Waals surface area contributed by atoms with Crippen LogP contribution in [0.4, 0.5) is 0 Å². The van der Waals surface area contributed by atoms with Gasteiger partial charge in [0.25, 0.3) is 5.56 Å². The monoisotopic (exact) mass is 377 g/mol. The minimum atomic E-state index is -1.10. The summed E-state index contributed by atoms with van der Waals surface area (Å²) in [6, 6.07) is 11.5. The summed E-state index contributed by atoms with van der Waals surface area (Å²) in [6.07, 6.45) is -0.395. The Labute approximate surface area is 152 Å². The van der Waals surface area contributed by atoms with E-state index in [0.717, 1.165) is 4.57 Å². The number of hydrogen-bond donors (Lipinski definition) is 2. The van der Waals surface area contributed by atoms with Crippen LogP contribution in [0.25, 0.3) is 10.8 Å². The summed E-state index contributed by atoms with van der Waals surface area (Å²) in [5.41, 5.74) is 0.444. The van der Waals surface area contributed by atoms with Crippen LogP contribution < -0.4 is 5.56 Å². The molecule has 3 aromatic rings. The molecule has 5 nitrogen and oxygen atoms in total. The van der Waals surface area contributed by atoms with Crippen molar-refractivity contribution in [1.82, 2.24) is 4.57 Å². The number of aliphatic carboxylic acids is 1. The maximum absolute atomic E-state index is 12.7. The van der Waals surface area contributed by atoms with Crippen LogP contribution in [-0.4, -0.2) is 20.7 Å². The fraction of sp³-hybridized carbons (Fsp3) is 0.111. The number of aromatic hydroxyl groups is 1. The average Bonchev–Trinajstić information content (AvgIpc) is 2.58. The van der Waals surface area contributed by atoms with E-state index in [1.54, 1.807) is 42.5 Å². The van der Waals surface area contributed by atoms with Crippen LogP contribution in [0.15, 0.2) is 47.3 Å². The third-order valence-corrected chi connectivity index (χ3v) is 4.65. The molecule has 1 aromatic heterocycles.